The molecule has 7 atom stereocenters. The molecule has 2 N–H and O–H groups in total. The first-order valence-electron chi connectivity index (χ1n) is 13.0. The molecule has 11 nitrogen and oxygen atoms in total. The van der Waals surface area contributed by atoms with Crippen molar-refractivity contribution in [1.29, 1.82) is 0 Å². The van der Waals surface area contributed by atoms with Crippen LogP contribution in [0.3, 0.4) is 0 Å². The number of fused-ring (bicyclic) bond motifs is 4. The molecule has 6 heterocycles. The molecule has 0 spiro atoms. The third kappa shape index (κ3) is 3.65. The molecule has 4 fully saturated rings. The number of nitrogens with one attached hydrogen (secondary N) is 2. The first kappa shape index (κ1) is 22.5. The molecule has 2 aromatic heterocycles. The maximum absolute atomic E-state index is 13.1. The molecule has 196 valence electrons. The molecule has 1 aromatic carbocycles. The number of imidazole rings is 1. The number of hydrogen-bond donors (Lipinski definition) is 2. The Bertz CT molecular complexity index is 1400. The van der Waals surface area contributed by atoms with E-state index in [1.165, 1.54) is 6.33 Å². The maximum Gasteiger partial charge on any atom is 0.280 e. The largest absolute Gasteiger partial charge is 0.368 e. The molecule has 4 aliphatic heterocycles. The van der Waals surface area contributed by atoms with Gasteiger partial charge in [-0.15, -0.1) is 0 Å². The van der Waals surface area contributed by atoms with Crippen molar-refractivity contribution in [3.8, 4) is 0 Å². The SMILES string of the molecule is [2H]N(CF)c1nc2c(ncn2[C@@H]2O[C@@]3(CC)CO[C@H]2C3O[P@@]2O[C@H](c3ccccc3)[C@@H]3CCCN32)c(=O)[nH]1. The van der Waals surface area contributed by atoms with Crippen molar-refractivity contribution >= 4 is 25.6 Å². The number of benzene rings is 1. The second-order valence-electron chi connectivity index (χ2n) is 9.77. The van der Waals surface area contributed by atoms with Gasteiger partial charge in [0, 0.05) is 12.6 Å². The van der Waals surface area contributed by atoms with Gasteiger partial charge in [0.15, 0.2) is 25.6 Å². The number of anilines is 1. The fourth-order valence-corrected chi connectivity index (χ4v) is 8.00. The summed E-state index contributed by atoms with van der Waals surface area (Å²) in [4.78, 5) is 23.5. The summed E-state index contributed by atoms with van der Waals surface area (Å²) < 4.78 is 50.9. The third-order valence-electron chi connectivity index (χ3n) is 7.84. The Morgan fingerprint density at radius 3 is 3.08 bits per heavy atom. The predicted molar refractivity (Wildman–Crippen MR) is 132 cm³/mol. The fourth-order valence-electron chi connectivity index (χ4n) is 5.96. The normalized spacial score (nSPS) is 35.4. The minimum atomic E-state index is -1.34. The van der Waals surface area contributed by atoms with Crippen LogP contribution in [0.15, 0.2) is 41.5 Å². The highest BCUT2D eigenvalue weighted by Gasteiger charge is 2.64. The van der Waals surface area contributed by atoms with Gasteiger partial charge in [-0.3, -0.25) is 14.3 Å². The lowest BCUT2D eigenvalue weighted by Gasteiger charge is -2.31. The van der Waals surface area contributed by atoms with Crippen molar-refractivity contribution in [1.82, 2.24) is 24.2 Å². The minimum Gasteiger partial charge on any atom is -0.368 e. The third-order valence-corrected chi connectivity index (χ3v) is 9.57. The summed E-state index contributed by atoms with van der Waals surface area (Å²) in [7, 11) is -1.34. The minimum absolute atomic E-state index is 0.0469. The summed E-state index contributed by atoms with van der Waals surface area (Å²) in [6.45, 7) is 2.19. The van der Waals surface area contributed by atoms with Crippen molar-refractivity contribution < 1.29 is 24.3 Å². The lowest BCUT2D eigenvalue weighted by atomic mass is 9.96. The van der Waals surface area contributed by atoms with Crippen LogP contribution in [0.1, 0.15) is 44.1 Å². The van der Waals surface area contributed by atoms with Crippen molar-refractivity contribution in [3.63, 3.8) is 0 Å². The Morgan fingerprint density at radius 1 is 1.41 bits per heavy atom. The van der Waals surface area contributed by atoms with Crippen LogP contribution >= 0.6 is 8.53 Å². The zero-order valence-electron chi connectivity index (χ0n) is 21.2. The summed E-state index contributed by atoms with van der Waals surface area (Å²) in [5.74, 6) is -0.219. The van der Waals surface area contributed by atoms with Gasteiger partial charge in [-0.1, -0.05) is 37.3 Å². The molecule has 0 radical (unpaired) electrons. The number of alkyl halides is 1. The molecule has 3 aromatic rings. The van der Waals surface area contributed by atoms with Gasteiger partial charge in [-0.2, -0.15) is 4.98 Å². The number of aromatic amines is 1. The summed E-state index contributed by atoms with van der Waals surface area (Å²) >= 11 is 0. The van der Waals surface area contributed by atoms with Crippen LogP contribution in [-0.2, 0) is 18.5 Å². The number of ether oxygens (including phenoxy) is 2. The number of aromatic nitrogens is 4. The van der Waals surface area contributed by atoms with Crippen LogP contribution in [0.5, 0.6) is 0 Å². The van der Waals surface area contributed by atoms with Gasteiger partial charge in [0.05, 0.1) is 12.9 Å². The topological polar surface area (TPSA) is 116 Å². The highest BCUT2D eigenvalue weighted by atomic mass is 31.2. The van der Waals surface area contributed by atoms with Crippen molar-refractivity contribution in [2.45, 2.75) is 62.4 Å². The molecule has 4 aliphatic rings. The standard InChI is InChI=1S/C24H28FN6O5P/c1-2-24-11-33-18(22(34-24)30-13-27-16-20(30)28-23(26-12-25)29-21(16)32)19(24)36-37-31-10-6-9-15(31)17(35-37)14-7-4-3-5-8-14/h3-5,7-8,13,15,17-19,22H,2,6,9-12H2,1H3,(H2,26,28,29,32)/t15-,17+,18-,19?,22+,24-,37+/m0/s1/i/hD. The number of H-pyrrole nitrogens is 1. The smallest absolute Gasteiger partial charge is 0.280 e. The van der Waals surface area contributed by atoms with Crippen LogP contribution in [-0.4, -0.2) is 68.0 Å². The van der Waals surface area contributed by atoms with Gasteiger partial charge < -0.3 is 23.8 Å². The molecule has 0 saturated carbocycles. The second-order valence-corrected chi connectivity index (χ2v) is 11.2. The fraction of sp³-hybridized carbons (Fsp3) is 0.542. The van der Waals surface area contributed by atoms with E-state index in [9.17, 15) is 9.18 Å². The highest BCUT2D eigenvalue weighted by Crippen LogP contribution is 2.63. The van der Waals surface area contributed by atoms with Gasteiger partial charge in [0.25, 0.3) is 14.1 Å². The lowest BCUT2D eigenvalue weighted by molar-refractivity contribution is -0.172. The number of hydrogen-bond acceptors (Lipinski definition) is 9. The second kappa shape index (κ2) is 9.07. The Labute approximate surface area is 214 Å². The van der Waals surface area contributed by atoms with E-state index in [-0.39, 0.29) is 29.3 Å². The molecule has 4 saturated heterocycles. The average Bonchev–Trinajstić information content (AvgIpc) is 3.76. The van der Waals surface area contributed by atoms with Crippen molar-refractivity contribution in [2.75, 3.05) is 25.3 Å². The summed E-state index contributed by atoms with van der Waals surface area (Å²) in [5.41, 5.74) is 0.141. The van der Waals surface area contributed by atoms with Crippen molar-refractivity contribution in [3.05, 3.63) is 52.6 Å². The predicted octanol–water partition coefficient (Wildman–Crippen LogP) is 3.38. The molecule has 7 rings (SSSR count). The van der Waals surface area contributed by atoms with Gasteiger partial charge >= 0.3 is 0 Å². The maximum atomic E-state index is 13.1. The Balaban J connectivity index is 1.19. The van der Waals surface area contributed by atoms with Gasteiger partial charge in [0.1, 0.15) is 23.9 Å². The van der Waals surface area contributed by atoms with Crippen LogP contribution in [0.4, 0.5) is 10.3 Å². The summed E-state index contributed by atoms with van der Waals surface area (Å²) in [5, 5.41) is 0.464. The molecule has 0 amide bonds. The lowest BCUT2D eigenvalue weighted by Crippen LogP contribution is -2.41. The van der Waals surface area contributed by atoms with E-state index in [0.29, 0.717) is 18.3 Å². The monoisotopic (exact) mass is 531 g/mol. The summed E-state index contributed by atoms with van der Waals surface area (Å²) in [6.07, 6.45) is 2.65. The number of rotatable bonds is 7. The molecule has 37 heavy (non-hydrogen) atoms. The Morgan fingerprint density at radius 2 is 2.27 bits per heavy atom. The van der Waals surface area contributed by atoms with Crippen LogP contribution in [0.25, 0.3) is 11.2 Å². The van der Waals surface area contributed by atoms with E-state index in [0.717, 1.165) is 24.9 Å². The summed E-state index contributed by atoms with van der Waals surface area (Å²) in [6, 6.07) is 10.5. The average molecular weight is 532 g/mol. The van der Waals surface area contributed by atoms with Gasteiger partial charge in [0.2, 0.25) is 5.95 Å². The number of halogens is 1. The molecular weight excluding hydrogens is 502 g/mol. The van der Waals surface area contributed by atoms with E-state index in [2.05, 4.69) is 31.8 Å². The first-order valence-corrected chi connectivity index (χ1v) is 13.7. The van der Waals surface area contributed by atoms with Gasteiger partial charge in [-0.05, 0) is 24.8 Å². The van der Waals surface area contributed by atoms with Crippen molar-refractivity contribution in [2.24, 2.45) is 0 Å². The van der Waals surface area contributed by atoms with E-state index in [1.54, 1.807) is 4.57 Å². The number of nitrogens with zero attached hydrogens (tertiary/aromatic N) is 4. The van der Waals surface area contributed by atoms with Crippen LogP contribution in [0, 0.1) is 0 Å². The highest BCUT2D eigenvalue weighted by molar-refractivity contribution is 7.45. The van der Waals surface area contributed by atoms with E-state index >= 15 is 0 Å². The molecule has 2 bridgehead atoms. The molecule has 0 aliphatic carbocycles. The Kier molecular flexibility index (Phi) is 5.52. The molecule has 1 unspecified atom stereocenters. The van der Waals surface area contributed by atoms with Crippen LogP contribution < -0.4 is 10.9 Å². The molecule has 13 heteroatoms. The van der Waals surface area contributed by atoms with Crippen LogP contribution in [0.2, 0.25) is 1.41 Å². The van der Waals surface area contributed by atoms with E-state index < -0.39 is 44.9 Å². The quantitative estimate of drug-likeness (QED) is 0.350. The first-order chi connectivity index (χ1) is 18.5. The van der Waals surface area contributed by atoms with E-state index in [4.69, 9.17) is 19.9 Å². The molecular formula is C24H28FN6O5P. The van der Waals surface area contributed by atoms with E-state index in [1.807, 2.05) is 25.1 Å². The Hall–Kier alpha value is -2.47. The zero-order valence-corrected chi connectivity index (χ0v) is 21.1. The zero-order chi connectivity index (χ0) is 26.0. The van der Waals surface area contributed by atoms with Gasteiger partial charge in [-0.25, -0.2) is 14.0 Å².